The molecule has 0 aliphatic carbocycles. The number of nitrogens with one attached hydrogen (secondary N) is 2. The molecule has 2 heterocycles. The van der Waals surface area contributed by atoms with Gasteiger partial charge in [0, 0.05) is 19.7 Å². The predicted octanol–water partition coefficient (Wildman–Crippen LogP) is 1.77. The van der Waals surface area contributed by atoms with Crippen LogP contribution in [0.25, 0.3) is 0 Å². The fourth-order valence-electron chi connectivity index (χ4n) is 4.21. The second-order valence-electron chi connectivity index (χ2n) is 7.05. The van der Waals surface area contributed by atoms with Gasteiger partial charge in [-0.15, -0.1) is 0 Å². The number of carbonyl (C=O) groups is 1. The van der Waals surface area contributed by atoms with E-state index in [-0.39, 0.29) is 5.91 Å². The first-order valence-corrected chi connectivity index (χ1v) is 9.45. The Morgan fingerprint density at radius 2 is 1.83 bits per heavy atom. The summed E-state index contributed by atoms with van der Waals surface area (Å²) in [5.41, 5.74) is -0.630. The van der Waals surface area contributed by atoms with E-state index >= 15 is 0 Å². The zero-order valence-corrected chi connectivity index (χ0v) is 15.2. The van der Waals surface area contributed by atoms with Crippen molar-refractivity contribution >= 4 is 5.91 Å². The molecule has 1 amide bonds. The van der Waals surface area contributed by atoms with Gasteiger partial charge >= 0.3 is 0 Å². The van der Waals surface area contributed by atoms with E-state index in [4.69, 9.17) is 4.74 Å². The van der Waals surface area contributed by atoms with Crippen LogP contribution in [0.5, 0.6) is 0 Å². The van der Waals surface area contributed by atoms with Gasteiger partial charge in [0.15, 0.2) is 0 Å². The first-order chi connectivity index (χ1) is 11.2. The van der Waals surface area contributed by atoms with Gasteiger partial charge in [-0.1, -0.05) is 26.7 Å². The summed E-state index contributed by atoms with van der Waals surface area (Å²) in [4.78, 5) is 15.4. The lowest BCUT2D eigenvalue weighted by atomic mass is 9.90. The number of hydrogen-bond acceptors (Lipinski definition) is 4. The van der Waals surface area contributed by atoms with E-state index in [2.05, 4.69) is 29.4 Å². The minimum atomic E-state index is -0.630. The molecule has 2 rings (SSSR count). The van der Waals surface area contributed by atoms with E-state index in [1.165, 1.54) is 38.8 Å². The van der Waals surface area contributed by atoms with Gasteiger partial charge in [0.25, 0.3) is 5.91 Å². The van der Waals surface area contributed by atoms with Crippen molar-refractivity contribution in [3.8, 4) is 0 Å². The predicted molar refractivity (Wildman–Crippen MR) is 93.5 cm³/mol. The molecule has 5 nitrogen and oxygen atoms in total. The summed E-state index contributed by atoms with van der Waals surface area (Å²) in [5.74, 6) is 0.733. The number of piperidine rings is 1. The van der Waals surface area contributed by atoms with Crippen LogP contribution < -0.4 is 10.6 Å². The normalized spacial score (nSPS) is 23.1. The monoisotopic (exact) mass is 325 g/mol. The van der Waals surface area contributed by atoms with E-state index in [9.17, 15) is 4.79 Å². The molecule has 1 atom stereocenters. The van der Waals surface area contributed by atoms with Crippen molar-refractivity contribution in [2.75, 3.05) is 39.8 Å². The second kappa shape index (κ2) is 9.00. The molecule has 2 aliphatic rings. The Kier molecular flexibility index (Phi) is 7.31. The highest BCUT2D eigenvalue weighted by molar-refractivity contribution is 5.85. The maximum Gasteiger partial charge on any atom is 0.252 e. The summed E-state index contributed by atoms with van der Waals surface area (Å²) < 4.78 is 5.65. The molecule has 0 aromatic rings. The van der Waals surface area contributed by atoms with Crippen LogP contribution >= 0.6 is 0 Å². The summed E-state index contributed by atoms with van der Waals surface area (Å²) in [5, 5.41) is 6.54. The highest BCUT2D eigenvalue weighted by Gasteiger charge is 2.40. The Balaban J connectivity index is 1.97. The van der Waals surface area contributed by atoms with Crippen molar-refractivity contribution in [3.63, 3.8) is 0 Å². The van der Waals surface area contributed by atoms with Crippen molar-refractivity contribution in [1.29, 1.82) is 0 Å². The van der Waals surface area contributed by atoms with Crippen LogP contribution in [0, 0.1) is 5.92 Å². The molecule has 0 saturated carbocycles. The topological polar surface area (TPSA) is 53.6 Å². The fourth-order valence-corrected chi connectivity index (χ4v) is 4.21. The van der Waals surface area contributed by atoms with E-state index in [1.807, 2.05) is 0 Å². The number of methoxy groups -OCH3 is 1. The van der Waals surface area contributed by atoms with Crippen molar-refractivity contribution in [2.45, 2.75) is 64.0 Å². The van der Waals surface area contributed by atoms with Crippen molar-refractivity contribution in [2.24, 2.45) is 5.92 Å². The summed E-state index contributed by atoms with van der Waals surface area (Å²) in [6.45, 7) is 9.34. The zero-order chi connectivity index (χ0) is 16.7. The van der Waals surface area contributed by atoms with Gasteiger partial charge in [-0.3, -0.25) is 9.69 Å². The van der Waals surface area contributed by atoms with Crippen LogP contribution in [-0.2, 0) is 9.53 Å². The smallest absolute Gasteiger partial charge is 0.252 e. The third kappa shape index (κ3) is 4.46. The molecule has 2 fully saturated rings. The second-order valence-corrected chi connectivity index (χ2v) is 7.05. The van der Waals surface area contributed by atoms with Gasteiger partial charge in [0.2, 0.25) is 0 Å². The van der Waals surface area contributed by atoms with Gasteiger partial charge in [-0.25, -0.2) is 0 Å². The molecule has 0 radical (unpaired) electrons. The lowest BCUT2D eigenvalue weighted by Gasteiger charge is -2.37. The maximum atomic E-state index is 12.8. The number of ether oxygens (including phenoxy) is 1. The number of likely N-dealkylation sites (tertiary alicyclic amines) is 1. The average Bonchev–Trinajstić information content (AvgIpc) is 3.13. The van der Waals surface area contributed by atoms with E-state index < -0.39 is 5.60 Å². The van der Waals surface area contributed by atoms with E-state index in [0.717, 1.165) is 32.5 Å². The molecule has 5 heteroatoms. The minimum Gasteiger partial charge on any atom is -0.368 e. The summed E-state index contributed by atoms with van der Waals surface area (Å²) in [6, 6.07) is 0.465. The third-order valence-corrected chi connectivity index (χ3v) is 5.89. The third-order valence-electron chi connectivity index (χ3n) is 5.89. The number of hydrogen-bond donors (Lipinski definition) is 2. The van der Waals surface area contributed by atoms with Crippen LogP contribution in [0.2, 0.25) is 0 Å². The molecular weight excluding hydrogens is 290 g/mol. The maximum absolute atomic E-state index is 12.8. The van der Waals surface area contributed by atoms with Crippen molar-refractivity contribution in [3.05, 3.63) is 0 Å². The molecule has 0 bridgehead atoms. The Bertz CT molecular complexity index is 357. The molecule has 0 spiro atoms. The molecule has 2 saturated heterocycles. The standard InChI is InChI=1S/C18H35N3O2/c1-4-15(5-2)16(21-12-6-7-13-21)14-20-17(22)18(23-3)8-10-19-11-9-18/h15-16,19H,4-14H2,1-3H3,(H,20,22). The SMILES string of the molecule is CCC(CC)C(CNC(=O)C1(OC)CCNCC1)N1CCCC1. The van der Waals surface area contributed by atoms with Crippen LogP contribution in [-0.4, -0.2) is 62.3 Å². The van der Waals surface area contributed by atoms with E-state index in [1.54, 1.807) is 7.11 Å². The lowest BCUT2D eigenvalue weighted by Crippen LogP contribution is -2.56. The van der Waals surface area contributed by atoms with Crippen molar-refractivity contribution in [1.82, 2.24) is 15.5 Å². The lowest BCUT2D eigenvalue weighted by molar-refractivity contribution is -0.147. The molecule has 23 heavy (non-hydrogen) atoms. The van der Waals surface area contributed by atoms with Gasteiger partial charge in [0.05, 0.1) is 0 Å². The van der Waals surface area contributed by atoms with Gasteiger partial charge in [0.1, 0.15) is 5.60 Å². The molecule has 0 aromatic carbocycles. The average molecular weight is 325 g/mol. The molecular formula is C18H35N3O2. The number of rotatable bonds is 8. The number of carbonyl (C=O) groups excluding carboxylic acids is 1. The van der Waals surface area contributed by atoms with Crippen LogP contribution in [0.4, 0.5) is 0 Å². The number of amides is 1. The molecule has 0 aromatic heterocycles. The fraction of sp³-hybridized carbons (Fsp3) is 0.944. The molecule has 1 unspecified atom stereocenters. The van der Waals surface area contributed by atoms with Crippen molar-refractivity contribution < 1.29 is 9.53 Å². The number of nitrogens with zero attached hydrogens (tertiary/aromatic N) is 1. The minimum absolute atomic E-state index is 0.0802. The summed E-state index contributed by atoms with van der Waals surface area (Å²) in [6.07, 6.45) is 6.44. The van der Waals surface area contributed by atoms with Gasteiger partial charge in [-0.05, 0) is 57.8 Å². The Morgan fingerprint density at radius 3 is 2.35 bits per heavy atom. The molecule has 2 N–H and O–H groups in total. The quantitative estimate of drug-likeness (QED) is 0.714. The Morgan fingerprint density at radius 1 is 1.22 bits per heavy atom. The van der Waals surface area contributed by atoms with Crippen LogP contribution in [0.1, 0.15) is 52.4 Å². The molecule has 2 aliphatic heterocycles. The van der Waals surface area contributed by atoms with E-state index in [0.29, 0.717) is 12.0 Å². The van der Waals surface area contributed by atoms with Crippen LogP contribution in [0.15, 0.2) is 0 Å². The summed E-state index contributed by atoms with van der Waals surface area (Å²) in [7, 11) is 1.67. The highest BCUT2D eigenvalue weighted by atomic mass is 16.5. The Hall–Kier alpha value is -0.650. The highest BCUT2D eigenvalue weighted by Crippen LogP contribution is 2.25. The first kappa shape index (κ1) is 18.7. The van der Waals surface area contributed by atoms with Gasteiger partial charge < -0.3 is 15.4 Å². The van der Waals surface area contributed by atoms with Gasteiger partial charge in [-0.2, -0.15) is 0 Å². The largest absolute Gasteiger partial charge is 0.368 e. The first-order valence-electron chi connectivity index (χ1n) is 9.45. The Labute approximate surface area is 141 Å². The molecule has 134 valence electrons. The van der Waals surface area contributed by atoms with Crippen LogP contribution in [0.3, 0.4) is 0 Å². The summed E-state index contributed by atoms with van der Waals surface area (Å²) >= 11 is 0. The zero-order valence-electron chi connectivity index (χ0n) is 15.2.